The second kappa shape index (κ2) is 5.76. The molecule has 0 aliphatic carbocycles. The average Bonchev–Trinajstić information content (AvgIpc) is 3.01. The number of benzene rings is 2. The molecule has 3 aromatic rings. The van der Waals surface area contributed by atoms with Crippen molar-refractivity contribution in [3.8, 4) is 11.4 Å². The molecule has 0 spiro atoms. The summed E-state index contributed by atoms with van der Waals surface area (Å²) in [7, 11) is -4.40. The molecule has 0 radical (unpaired) electrons. The molecule has 9 heteroatoms. The largest absolute Gasteiger partial charge is 0.379 e. The quantitative estimate of drug-likeness (QED) is 0.683. The molecular formula is C14H9F2N3O3S. The van der Waals surface area contributed by atoms with Crippen molar-refractivity contribution in [1.29, 1.82) is 0 Å². The Kier molecular flexibility index (Phi) is 3.78. The van der Waals surface area contributed by atoms with Gasteiger partial charge in [-0.1, -0.05) is 0 Å². The molecule has 0 atom stereocenters. The Morgan fingerprint density at radius 2 is 1.78 bits per heavy atom. The summed E-state index contributed by atoms with van der Waals surface area (Å²) < 4.78 is 56.8. The van der Waals surface area contributed by atoms with Crippen molar-refractivity contribution in [1.82, 2.24) is 14.8 Å². The van der Waals surface area contributed by atoms with Gasteiger partial charge in [-0.25, -0.2) is 18.4 Å². The highest BCUT2D eigenvalue weighted by Gasteiger charge is 2.22. The van der Waals surface area contributed by atoms with Crippen molar-refractivity contribution in [3.63, 3.8) is 0 Å². The van der Waals surface area contributed by atoms with Gasteiger partial charge in [-0.2, -0.15) is 13.5 Å². The van der Waals surface area contributed by atoms with Crippen LogP contribution >= 0.6 is 0 Å². The van der Waals surface area contributed by atoms with E-state index in [1.165, 1.54) is 29.5 Å². The lowest BCUT2D eigenvalue weighted by Gasteiger charge is -2.08. The maximum atomic E-state index is 13.6. The molecule has 0 saturated carbocycles. The van der Waals surface area contributed by atoms with Crippen molar-refractivity contribution < 1.29 is 21.4 Å². The molecule has 23 heavy (non-hydrogen) atoms. The molecule has 0 aliphatic rings. The van der Waals surface area contributed by atoms with E-state index in [9.17, 15) is 17.2 Å². The van der Waals surface area contributed by atoms with E-state index < -0.39 is 26.6 Å². The minimum atomic E-state index is -4.40. The molecule has 2 aromatic carbocycles. The topological polar surface area (TPSA) is 74.1 Å². The molecule has 3 rings (SSSR count). The Balaban J connectivity index is 1.86. The Morgan fingerprint density at radius 1 is 1.04 bits per heavy atom. The molecule has 1 heterocycles. The highest BCUT2D eigenvalue weighted by Crippen LogP contribution is 2.22. The summed E-state index contributed by atoms with van der Waals surface area (Å²) in [4.78, 5) is 3.05. The first-order valence-electron chi connectivity index (χ1n) is 6.30. The van der Waals surface area contributed by atoms with Crippen LogP contribution in [0.15, 0.2) is 60.0 Å². The molecule has 6 nitrogen and oxygen atoms in total. The molecule has 0 unspecified atom stereocenters. The van der Waals surface area contributed by atoms with E-state index in [4.69, 9.17) is 4.18 Å². The van der Waals surface area contributed by atoms with Crippen molar-refractivity contribution in [2.45, 2.75) is 4.90 Å². The summed E-state index contributed by atoms with van der Waals surface area (Å²) in [5, 5.41) is 3.92. The standard InChI is InChI=1S/C14H9F2N3O3S/c15-10-1-6-14(13(16)7-10)23(20,21)22-12-4-2-11(3-5-12)19-9-17-8-18-19/h1-9H. The van der Waals surface area contributed by atoms with Crippen LogP contribution in [0.1, 0.15) is 0 Å². The number of halogens is 2. The second-order valence-electron chi connectivity index (χ2n) is 4.45. The van der Waals surface area contributed by atoms with Crippen LogP contribution in [-0.4, -0.2) is 23.2 Å². The highest BCUT2D eigenvalue weighted by molar-refractivity contribution is 7.87. The summed E-state index contributed by atoms with van der Waals surface area (Å²) in [6, 6.07) is 8.01. The lowest BCUT2D eigenvalue weighted by Crippen LogP contribution is -2.12. The molecule has 0 bridgehead atoms. The SMILES string of the molecule is O=S(=O)(Oc1ccc(-n2cncn2)cc1)c1ccc(F)cc1F. The number of nitrogens with zero attached hydrogens (tertiary/aromatic N) is 3. The first-order valence-corrected chi connectivity index (χ1v) is 7.71. The average molecular weight is 337 g/mol. The maximum absolute atomic E-state index is 13.6. The monoisotopic (exact) mass is 337 g/mol. The zero-order valence-corrected chi connectivity index (χ0v) is 12.2. The Morgan fingerprint density at radius 3 is 2.39 bits per heavy atom. The van der Waals surface area contributed by atoms with Crippen LogP contribution in [0.4, 0.5) is 8.78 Å². The third-order valence-electron chi connectivity index (χ3n) is 2.89. The molecule has 1 aromatic heterocycles. The van der Waals surface area contributed by atoms with Crippen molar-refractivity contribution >= 4 is 10.1 Å². The van der Waals surface area contributed by atoms with E-state index >= 15 is 0 Å². The van der Waals surface area contributed by atoms with Crippen LogP contribution in [0, 0.1) is 11.6 Å². The van der Waals surface area contributed by atoms with Crippen LogP contribution in [0.25, 0.3) is 5.69 Å². The van der Waals surface area contributed by atoms with Crippen LogP contribution in [0.5, 0.6) is 5.75 Å². The smallest absolute Gasteiger partial charge is 0.342 e. The lowest BCUT2D eigenvalue weighted by atomic mass is 10.3. The van der Waals surface area contributed by atoms with Gasteiger partial charge in [0.1, 0.15) is 34.9 Å². The minimum Gasteiger partial charge on any atom is -0.379 e. The van der Waals surface area contributed by atoms with E-state index in [0.29, 0.717) is 11.8 Å². The predicted octanol–water partition coefficient (Wildman–Crippen LogP) is 2.31. The van der Waals surface area contributed by atoms with Crippen LogP contribution in [0.3, 0.4) is 0 Å². The van der Waals surface area contributed by atoms with Gasteiger partial charge in [0, 0.05) is 6.07 Å². The van der Waals surface area contributed by atoms with Gasteiger partial charge in [-0.05, 0) is 36.4 Å². The summed E-state index contributed by atoms with van der Waals surface area (Å²) >= 11 is 0. The first-order chi connectivity index (χ1) is 11.0. The van der Waals surface area contributed by atoms with Gasteiger partial charge >= 0.3 is 10.1 Å². The zero-order chi connectivity index (χ0) is 16.4. The first kappa shape index (κ1) is 15.1. The predicted molar refractivity (Wildman–Crippen MR) is 75.5 cm³/mol. The van der Waals surface area contributed by atoms with Gasteiger partial charge in [0.15, 0.2) is 0 Å². The van der Waals surface area contributed by atoms with E-state index in [2.05, 4.69) is 10.1 Å². The summed E-state index contributed by atoms with van der Waals surface area (Å²) in [6.07, 6.45) is 2.83. The molecule has 0 amide bonds. The summed E-state index contributed by atoms with van der Waals surface area (Å²) in [5.74, 6) is -2.11. The number of hydrogen-bond acceptors (Lipinski definition) is 5. The Labute approximate surface area is 130 Å². The van der Waals surface area contributed by atoms with Gasteiger partial charge in [0.05, 0.1) is 5.69 Å². The van der Waals surface area contributed by atoms with E-state index in [0.717, 1.165) is 12.1 Å². The fraction of sp³-hybridized carbons (Fsp3) is 0. The Bertz CT molecular complexity index is 926. The molecule has 0 N–H and O–H groups in total. The molecule has 118 valence electrons. The zero-order valence-electron chi connectivity index (χ0n) is 11.4. The normalized spacial score (nSPS) is 11.4. The second-order valence-corrected chi connectivity index (χ2v) is 5.96. The van der Waals surface area contributed by atoms with Crippen molar-refractivity contribution in [2.75, 3.05) is 0 Å². The van der Waals surface area contributed by atoms with E-state index in [-0.39, 0.29) is 5.75 Å². The van der Waals surface area contributed by atoms with Crippen LogP contribution in [0.2, 0.25) is 0 Å². The molecule has 0 fully saturated rings. The fourth-order valence-corrected chi connectivity index (χ4v) is 2.83. The van der Waals surface area contributed by atoms with E-state index in [1.807, 2.05) is 0 Å². The summed E-state index contributed by atoms with van der Waals surface area (Å²) in [5.41, 5.74) is 0.639. The van der Waals surface area contributed by atoms with Gasteiger partial charge in [-0.3, -0.25) is 0 Å². The van der Waals surface area contributed by atoms with Gasteiger partial charge in [0.25, 0.3) is 0 Å². The number of aromatic nitrogens is 3. The third-order valence-corrected chi connectivity index (χ3v) is 4.17. The third kappa shape index (κ3) is 3.19. The van der Waals surface area contributed by atoms with Crippen molar-refractivity contribution in [2.24, 2.45) is 0 Å². The lowest BCUT2D eigenvalue weighted by molar-refractivity contribution is 0.474. The van der Waals surface area contributed by atoms with Crippen LogP contribution < -0.4 is 4.18 Å². The van der Waals surface area contributed by atoms with E-state index in [1.54, 1.807) is 12.1 Å². The van der Waals surface area contributed by atoms with Crippen molar-refractivity contribution in [3.05, 3.63) is 66.8 Å². The molecular weight excluding hydrogens is 328 g/mol. The van der Waals surface area contributed by atoms with Gasteiger partial charge in [-0.15, -0.1) is 0 Å². The number of hydrogen-bond donors (Lipinski definition) is 0. The minimum absolute atomic E-state index is 0.0161. The van der Waals surface area contributed by atoms with Gasteiger partial charge in [0.2, 0.25) is 0 Å². The highest BCUT2D eigenvalue weighted by atomic mass is 32.2. The fourth-order valence-electron chi connectivity index (χ4n) is 1.85. The summed E-state index contributed by atoms with van der Waals surface area (Å²) in [6.45, 7) is 0. The van der Waals surface area contributed by atoms with Gasteiger partial charge < -0.3 is 4.18 Å². The molecule has 0 saturated heterocycles. The van der Waals surface area contributed by atoms with Crippen LogP contribution in [-0.2, 0) is 10.1 Å². The Hall–Kier alpha value is -2.81. The molecule has 0 aliphatic heterocycles. The maximum Gasteiger partial charge on any atom is 0.342 e. The number of rotatable bonds is 4.